The molecule has 0 aliphatic heterocycles. The van der Waals surface area contributed by atoms with Gasteiger partial charge in [0, 0.05) is 5.03 Å². The zero-order chi connectivity index (χ0) is 14.5. The Kier molecular flexibility index (Phi) is 5.23. The molecule has 1 aromatic rings. The van der Waals surface area contributed by atoms with Crippen molar-refractivity contribution in [2.24, 2.45) is 10.7 Å². The minimum Gasteiger partial charge on any atom is -0.370 e. The maximum absolute atomic E-state index is 12.5. The van der Waals surface area contributed by atoms with Crippen molar-refractivity contribution in [3.8, 4) is 0 Å². The van der Waals surface area contributed by atoms with Gasteiger partial charge < -0.3 is 11.1 Å². The Morgan fingerprint density at radius 2 is 2.11 bits per heavy atom. The largest absolute Gasteiger partial charge is 0.416 e. The van der Waals surface area contributed by atoms with Crippen molar-refractivity contribution in [1.29, 1.82) is 0 Å². The summed E-state index contributed by atoms with van der Waals surface area (Å²) in [5.74, 6) is 0.0965. The number of rotatable bonds is 4. The minimum absolute atomic E-state index is 0.0531. The highest BCUT2D eigenvalue weighted by Crippen LogP contribution is 2.29. The molecule has 0 saturated carbocycles. The third-order valence-electron chi connectivity index (χ3n) is 2.15. The van der Waals surface area contributed by atoms with Crippen molar-refractivity contribution < 1.29 is 13.2 Å². The van der Waals surface area contributed by atoms with E-state index in [0.29, 0.717) is 10.6 Å². The van der Waals surface area contributed by atoms with Crippen molar-refractivity contribution in [3.05, 3.63) is 47.0 Å². The molecule has 19 heavy (non-hydrogen) atoms. The lowest BCUT2D eigenvalue weighted by molar-refractivity contribution is -0.137. The molecular weight excluding hydrogens is 279 g/mol. The standard InChI is InChI=1S/C12H13ClF3N3/c1-8(13)6-18-11(17)19-7-9-3-2-4-10(5-9)12(14,15)16/h2-5H,1,6-7H2,(H3,17,18,19). The van der Waals surface area contributed by atoms with Gasteiger partial charge in [-0.3, -0.25) is 0 Å². The third kappa shape index (κ3) is 5.65. The number of alkyl halides is 3. The van der Waals surface area contributed by atoms with E-state index < -0.39 is 11.7 Å². The fourth-order valence-electron chi connectivity index (χ4n) is 1.26. The predicted molar refractivity (Wildman–Crippen MR) is 69.8 cm³/mol. The zero-order valence-corrected chi connectivity index (χ0v) is 10.7. The lowest BCUT2D eigenvalue weighted by atomic mass is 10.1. The molecule has 0 spiro atoms. The minimum atomic E-state index is -4.36. The SMILES string of the molecule is C=C(Cl)CNC(N)=NCc1cccc(C(F)(F)F)c1. The van der Waals surface area contributed by atoms with Crippen LogP contribution in [0, 0.1) is 0 Å². The van der Waals surface area contributed by atoms with Crippen LogP contribution in [0.3, 0.4) is 0 Å². The summed E-state index contributed by atoms with van der Waals surface area (Å²) >= 11 is 5.52. The van der Waals surface area contributed by atoms with Crippen molar-refractivity contribution in [2.45, 2.75) is 12.7 Å². The first-order valence-electron chi connectivity index (χ1n) is 5.32. The topological polar surface area (TPSA) is 50.4 Å². The second-order valence-corrected chi connectivity index (χ2v) is 4.30. The number of halogens is 4. The molecule has 0 saturated heterocycles. The number of nitrogens with one attached hydrogen (secondary N) is 1. The lowest BCUT2D eigenvalue weighted by Crippen LogP contribution is -2.32. The highest BCUT2D eigenvalue weighted by atomic mass is 35.5. The van der Waals surface area contributed by atoms with Gasteiger partial charge in [-0.25, -0.2) is 4.99 Å². The average Bonchev–Trinajstić information content (AvgIpc) is 2.33. The molecule has 0 atom stereocenters. The van der Waals surface area contributed by atoms with E-state index in [1.165, 1.54) is 6.07 Å². The van der Waals surface area contributed by atoms with Crippen molar-refractivity contribution in [2.75, 3.05) is 6.54 Å². The van der Waals surface area contributed by atoms with Crippen LogP contribution >= 0.6 is 11.6 Å². The molecular formula is C12H13ClF3N3. The Bertz CT molecular complexity index is 483. The van der Waals surface area contributed by atoms with E-state index in [4.69, 9.17) is 17.3 Å². The Balaban J connectivity index is 2.67. The highest BCUT2D eigenvalue weighted by molar-refractivity contribution is 6.29. The van der Waals surface area contributed by atoms with Gasteiger partial charge in [0.1, 0.15) is 0 Å². The predicted octanol–water partition coefficient (Wildman–Crippen LogP) is 2.86. The Morgan fingerprint density at radius 3 is 2.68 bits per heavy atom. The molecule has 1 rings (SSSR count). The van der Waals surface area contributed by atoms with Crippen LogP contribution in [0.5, 0.6) is 0 Å². The Hall–Kier alpha value is -1.69. The van der Waals surface area contributed by atoms with Crippen molar-refractivity contribution in [3.63, 3.8) is 0 Å². The molecule has 3 nitrogen and oxygen atoms in total. The molecule has 0 unspecified atom stereocenters. The van der Waals surface area contributed by atoms with Crippen molar-refractivity contribution >= 4 is 17.6 Å². The molecule has 0 aliphatic rings. The van der Waals surface area contributed by atoms with Crippen LogP contribution in [0.25, 0.3) is 0 Å². The highest BCUT2D eigenvalue weighted by Gasteiger charge is 2.30. The van der Waals surface area contributed by atoms with E-state index in [1.807, 2.05) is 0 Å². The van der Waals surface area contributed by atoms with Crippen molar-refractivity contribution in [1.82, 2.24) is 5.32 Å². The first-order chi connectivity index (χ1) is 8.79. The van der Waals surface area contributed by atoms with Gasteiger partial charge in [0.15, 0.2) is 5.96 Å². The summed E-state index contributed by atoms with van der Waals surface area (Å²) < 4.78 is 37.4. The molecule has 7 heteroatoms. The third-order valence-corrected chi connectivity index (χ3v) is 2.28. The fraction of sp³-hybridized carbons (Fsp3) is 0.250. The average molecular weight is 292 g/mol. The van der Waals surface area contributed by atoms with Crippen LogP contribution in [0.1, 0.15) is 11.1 Å². The molecule has 0 radical (unpaired) electrons. The summed E-state index contributed by atoms with van der Waals surface area (Å²) in [4.78, 5) is 3.91. The number of benzene rings is 1. The van der Waals surface area contributed by atoms with Crippen LogP contribution in [0.2, 0.25) is 0 Å². The van der Waals surface area contributed by atoms with E-state index in [0.717, 1.165) is 12.1 Å². The summed E-state index contributed by atoms with van der Waals surface area (Å²) in [5, 5.41) is 3.03. The second-order valence-electron chi connectivity index (χ2n) is 3.77. The van der Waals surface area contributed by atoms with Crippen LogP contribution in [-0.4, -0.2) is 12.5 Å². The summed E-state index contributed by atoms with van der Waals surface area (Å²) in [6, 6.07) is 4.92. The number of nitrogens with two attached hydrogens (primary N) is 1. The van der Waals surface area contributed by atoms with Gasteiger partial charge in [-0.15, -0.1) is 0 Å². The van der Waals surface area contributed by atoms with E-state index in [-0.39, 0.29) is 19.0 Å². The lowest BCUT2D eigenvalue weighted by Gasteiger charge is -2.08. The summed E-state index contributed by atoms with van der Waals surface area (Å²) in [5.41, 5.74) is 5.22. The molecule has 0 bridgehead atoms. The quantitative estimate of drug-likeness (QED) is 0.662. The molecule has 0 fully saturated rings. The van der Waals surface area contributed by atoms with E-state index >= 15 is 0 Å². The van der Waals surface area contributed by atoms with E-state index in [2.05, 4.69) is 16.9 Å². The number of hydrogen-bond acceptors (Lipinski definition) is 1. The Morgan fingerprint density at radius 1 is 1.42 bits per heavy atom. The molecule has 0 amide bonds. The van der Waals surface area contributed by atoms with Gasteiger partial charge in [0.2, 0.25) is 0 Å². The van der Waals surface area contributed by atoms with Gasteiger partial charge in [0.25, 0.3) is 0 Å². The monoisotopic (exact) mass is 291 g/mol. The van der Waals surface area contributed by atoms with E-state index in [1.54, 1.807) is 6.07 Å². The van der Waals surface area contributed by atoms with Gasteiger partial charge in [-0.1, -0.05) is 30.3 Å². The smallest absolute Gasteiger partial charge is 0.370 e. The number of guanidine groups is 1. The molecule has 0 aromatic heterocycles. The number of nitrogens with zero attached hydrogens (tertiary/aromatic N) is 1. The second kappa shape index (κ2) is 6.47. The first-order valence-corrected chi connectivity index (χ1v) is 5.70. The molecule has 0 heterocycles. The maximum atomic E-state index is 12.5. The van der Waals surface area contributed by atoms with Gasteiger partial charge in [-0.05, 0) is 17.7 Å². The summed E-state index contributed by atoms with van der Waals surface area (Å²) in [7, 11) is 0. The molecule has 1 aromatic carbocycles. The van der Waals surface area contributed by atoms with Crippen LogP contribution < -0.4 is 11.1 Å². The fourth-order valence-corrected chi connectivity index (χ4v) is 1.33. The van der Waals surface area contributed by atoms with Gasteiger partial charge in [-0.2, -0.15) is 13.2 Å². The first kappa shape index (κ1) is 15.4. The van der Waals surface area contributed by atoms with Crippen LogP contribution in [0.15, 0.2) is 40.9 Å². The summed E-state index contributed by atoms with van der Waals surface area (Å²) in [6.45, 7) is 3.75. The number of hydrogen-bond donors (Lipinski definition) is 2. The van der Waals surface area contributed by atoms with Crippen LogP contribution in [-0.2, 0) is 12.7 Å². The van der Waals surface area contributed by atoms with Gasteiger partial charge in [0.05, 0.1) is 18.7 Å². The summed E-state index contributed by atoms with van der Waals surface area (Å²) in [6.07, 6.45) is -4.36. The molecule has 3 N–H and O–H groups in total. The normalized spacial score (nSPS) is 12.3. The zero-order valence-electron chi connectivity index (χ0n) is 9.97. The maximum Gasteiger partial charge on any atom is 0.416 e. The number of aliphatic imine (C=N–C) groups is 1. The van der Waals surface area contributed by atoms with Crippen LogP contribution in [0.4, 0.5) is 13.2 Å². The molecule has 0 aliphatic carbocycles. The van der Waals surface area contributed by atoms with E-state index in [9.17, 15) is 13.2 Å². The van der Waals surface area contributed by atoms with Gasteiger partial charge >= 0.3 is 6.18 Å². The molecule has 104 valence electrons. The Labute approximate surface area is 114 Å².